The number of nitrogens with one attached hydrogen (secondary N) is 2. The van der Waals surface area contributed by atoms with Gasteiger partial charge in [-0.15, -0.1) is 0 Å². The quantitative estimate of drug-likeness (QED) is 0.481. The lowest BCUT2D eigenvalue weighted by Crippen LogP contribution is -2.28. The zero-order valence-corrected chi connectivity index (χ0v) is 16.0. The fourth-order valence-electron chi connectivity index (χ4n) is 3.15. The van der Waals surface area contributed by atoms with Crippen molar-refractivity contribution in [1.29, 1.82) is 5.41 Å². The van der Waals surface area contributed by atoms with Gasteiger partial charge in [0.1, 0.15) is 30.0 Å². The Bertz CT molecular complexity index is 823. The molecule has 3 rings (SSSR count). The van der Waals surface area contributed by atoms with Gasteiger partial charge in [0.25, 0.3) is 0 Å². The average Bonchev–Trinajstić information content (AvgIpc) is 3.10. The third-order valence-corrected chi connectivity index (χ3v) is 4.53. The van der Waals surface area contributed by atoms with Crippen LogP contribution in [0.4, 0.5) is 5.69 Å². The number of amidine groups is 1. The fraction of sp³-hybridized carbons (Fsp3) is 0.333. The van der Waals surface area contributed by atoms with Gasteiger partial charge in [-0.25, -0.2) is 0 Å². The number of likely N-dealkylation sites (tertiary alicyclic amines) is 1. The van der Waals surface area contributed by atoms with Crippen LogP contribution in [-0.2, 0) is 4.79 Å². The molecule has 4 N–H and O–H groups in total. The lowest BCUT2D eigenvalue weighted by Gasteiger charge is -2.17. The zero-order chi connectivity index (χ0) is 19.9. The van der Waals surface area contributed by atoms with Crippen LogP contribution in [0.5, 0.6) is 11.5 Å². The van der Waals surface area contributed by atoms with Crippen LogP contribution in [-0.4, -0.2) is 49.0 Å². The monoisotopic (exact) mass is 382 g/mol. The first-order valence-electron chi connectivity index (χ1n) is 9.33. The highest BCUT2D eigenvalue weighted by Gasteiger charge is 2.23. The molecule has 7 heteroatoms. The van der Waals surface area contributed by atoms with Gasteiger partial charge in [-0.2, -0.15) is 0 Å². The van der Waals surface area contributed by atoms with Crippen molar-refractivity contribution < 1.29 is 14.3 Å². The molecule has 28 heavy (non-hydrogen) atoms. The number of ether oxygens (including phenoxy) is 2. The van der Waals surface area contributed by atoms with Gasteiger partial charge < -0.3 is 20.5 Å². The molecule has 7 nitrogen and oxygen atoms in total. The van der Waals surface area contributed by atoms with E-state index in [0.29, 0.717) is 12.2 Å². The molecule has 1 aliphatic heterocycles. The molecule has 0 radical (unpaired) electrons. The summed E-state index contributed by atoms with van der Waals surface area (Å²) in [4.78, 5) is 13.4. The van der Waals surface area contributed by atoms with Crippen LogP contribution in [0.25, 0.3) is 0 Å². The van der Waals surface area contributed by atoms with Gasteiger partial charge in [-0.05, 0) is 42.8 Å². The van der Waals surface area contributed by atoms with Crippen LogP contribution in [0.1, 0.15) is 18.9 Å². The second-order valence-corrected chi connectivity index (χ2v) is 6.82. The Morgan fingerprint density at radius 3 is 2.75 bits per heavy atom. The van der Waals surface area contributed by atoms with Crippen LogP contribution in [0.15, 0.2) is 48.5 Å². The van der Waals surface area contributed by atoms with Crippen molar-refractivity contribution in [2.75, 3.05) is 31.6 Å². The maximum absolute atomic E-state index is 11.1. The lowest BCUT2D eigenvalue weighted by atomic mass is 10.2. The number of anilines is 1. The van der Waals surface area contributed by atoms with Gasteiger partial charge in [0.2, 0.25) is 5.91 Å². The molecule has 1 saturated heterocycles. The zero-order valence-electron chi connectivity index (χ0n) is 16.0. The molecule has 0 bridgehead atoms. The molecule has 0 aliphatic carbocycles. The standard InChI is InChI=1S/C21H26N4O3/c1-15(26)24-17-5-7-18(8-6-17)28-20-9-10-25(14-20)11-12-27-19-4-2-3-16(13-19)21(22)23/h2-8,13,20H,9-12,14H2,1H3,(H3,22,23)(H,24,26)/t20-/m0/s1. The topological polar surface area (TPSA) is 101 Å². The number of hydrogen-bond acceptors (Lipinski definition) is 5. The van der Waals surface area contributed by atoms with Crippen LogP contribution in [0.3, 0.4) is 0 Å². The summed E-state index contributed by atoms with van der Waals surface area (Å²) in [5, 5.41) is 10.2. The Kier molecular flexibility index (Phi) is 6.49. The number of amides is 1. The maximum Gasteiger partial charge on any atom is 0.221 e. The normalized spacial score (nSPS) is 16.5. The van der Waals surface area contributed by atoms with E-state index in [-0.39, 0.29) is 17.8 Å². The Morgan fingerprint density at radius 2 is 2.04 bits per heavy atom. The molecule has 2 aromatic rings. The molecule has 2 aromatic carbocycles. The second kappa shape index (κ2) is 9.23. The van der Waals surface area contributed by atoms with Crippen molar-refractivity contribution >= 4 is 17.4 Å². The second-order valence-electron chi connectivity index (χ2n) is 6.82. The van der Waals surface area contributed by atoms with E-state index in [2.05, 4.69) is 10.2 Å². The van der Waals surface area contributed by atoms with Gasteiger partial charge in [0.15, 0.2) is 0 Å². The van der Waals surface area contributed by atoms with E-state index in [1.54, 1.807) is 12.1 Å². The highest BCUT2D eigenvalue weighted by molar-refractivity contribution is 5.95. The molecular weight excluding hydrogens is 356 g/mol. The number of carbonyl (C=O) groups excluding carboxylic acids is 1. The summed E-state index contributed by atoms with van der Waals surface area (Å²) in [6, 6.07) is 14.7. The van der Waals surface area contributed by atoms with E-state index < -0.39 is 0 Å². The summed E-state index contributed by atoms with van der Waals surface area (Å²) in [5.41, 5.74) is 6.93. The van der Waals surface area contributed by atoms with Crippen LogP contribution < -0.4 is 20.5 Å². The van der Waals surface area contributed by atoms with E-state index in [0.717, 1.165) is 43.2 Å². The van der Waals surface area contributed by atoms with Crippen molar-refractivity contribution in [2.24, 2.45) is 5.73 Å². The minimum atomic E-state index is -0.0876. The van der Waals surface area contributed by atoms with Crippen LogP contribution in [0, 0.1) is 5.41 Å². The number of nitrogens with two attached hydrogens (primary N) is 1. The number of nitrogen functional groups attached to an aromatic ring is 1. The van der Waals surface area contributed by atoms with Crippen LogP contribution >= 0.6 is 0 Å². The maximum atomic E-state index is 11.1. The number of benzene rings is 2. The lowest BCUT2D eigenvalue weighted by molar-refractivity contribution is -0.114. The molecule has 0 aromatic heterocycles. The molecule has 148 valence electrons. The summed E-state index contributed by atoms with van der Waals surface area (Å²) in [6.45, 7) is 4.68. The smallest absolute Gasteiger partial charge is 0.221 e. The SMILES string of the molecule is CC(=O)Nc1ccc(O[C@H]2CCN(CCOc3cccc(C(=N)N)c3)C2)cc1. The molecule has 1 heterocycles. The first kappa shape index (κ1) is 19.7. The van der Waals surface area contributed by atoms with Crippen LogP contribution in [0.2, 0.25) is 0 Å². The molecule has 0 saturated carbocycles. The minimum Gasteiger partial charge on any atom is -0.492 e. The minimum absolute atomic E-state index is 0.0371. The van der Waals surface area contributed by atoms with Crippen molar-refractivity contribution in [2.45, 2.75) is 19.4 Å². The summed E-state index contributed by atoms with van der Waals surface area (Å²) in [5.74, 6) is 1.47. The Hall–Kier alpha value is -3.06. The Labute approximate surface area is 164 Å². The van der Waals surface area contributed by atoms with Crippen molar-refractivity contribution in [3.05, 3.63) is 54.1 Å². The highest BCUT2D eigenvalue weighted by Crippen LogP contribution is 2.21. The Balaban J connectivity index is 1.41. The summed E-state index contributed by atoms with van der Waals surface area (Å²) >= 11 is 0. The average molecular weight is 382 g/mol. The van der Waals surface area contributed by atoms with Gasteiger partial charge in [-0.1, -0.05) is 12.1 Å². The predicted octanol–water partition coefficient (Wildman–Crippen LogP) is 2.46. The van der Waals surface area contributed by atoms with E-state index >= 15 is 0 Å². The van der Waals surface area contributed by atoms with Gasteiger partial charge in [-0.3, -0.25) is 15.1 Å². The van der Waals surface area contributed by atoms with E-state index in [9.17, 15) is 4.79 Å². The molecule has 1 amide bonds. The molecule has 0 unspecified atom stereocenters. The first-order valence-corrected chi connectivity index (χ1v) is 9.33. The summed E-state index contributed by atoms with van der Waals surface area (Å²) < 4.78 is 11.8. The number of nitrogens with zero attached hydrogens (tertiary/aromatic N) is 1. The van der Waals surface area contributed by atoms with Gasteiger partial charge in [0.05, 0.1) is 0 Å². The van der Waals surface area contributed by atoms with Crippen molar-refractivity contribution in [3.8, 4) is 11.5 Å². The van der Waals surface area contributed by atoms with Crippen molar-refractivity contribution in [3.63, 3.8) is 0 Å². The van der Waals surface area contributed by atoms with E-state index in [4.69, 9.17) is 20.6 Å². The third-order valence-electron chi connectivity index (χ3n) is 4.53. The number of hydrogen-bond donors (Lipinski definition) is 3. The Morgan fingerprint density at radius 1 is 1.25 bits per heavy atom. The van der Waals surface area contributed by atoms with E-state index in [1.807, 2.05) is 36.4 Å². The first-order chi connectivity index (χ1) is 13.5. The van der Waals surface area contributed by atoms with E-state index in [1.165, 1.54) is 6.92 Å². The molecule has 1 fully saturated rings. The summed E-state index contributed by atoms with van der Waals surface area (Å²) in [7, 11) is 0. The molecule has 1 atom stereocenters. The largest absolute Gasteiger partial charge is 0.492 e. The summed E-state index contributed by atoms with van der Waals surface area (Å²) in [6.07, 6.45) is 1.11. The molecular formula is C21H26N4O3. The van der Waals surface area contributed by atoms with Crippen molar-refractivity contribution in [1.82, 2.24) is 4.90 Å². The van der Waals surface area contributed by atoms with Gasteiger partial charge in [0, 0.05) is 37.8 Å². The highest BCUT2D eigenvalue weighted by atomic mass is 16.5. The van der Waals surface area contributed by atoms with Gasteiger partial charge >= 0.3 is 0 Å². The molecule has 0 spiro atoms. The number of carbonyl (C=O) groups is 1. The third kappa shape index (κ3) is 5.72. The molecule has 1 aliphatic rings. The fourth-order valence-corrected chi connectivity index (χ4v) is 3.15. The predicted molar refractivity (Wildman–Crippen MR) is 109 cm³/mol. The number of rotatable bonds is 8.